The van der Waals surface area contributed by atoms with Crippen LogP contribution in [0, 0.1) is 57.2 Å². The minimum absolute atomic E-state index is 0. The van der Waals surface area contributed by atoms with E-state index in [9.17, 15) is 73.2 Å². The molecule has 28 heteroatoms. The van der Waals surface area contributed by atoms with Crippen LogP contribution in [0.2, 0.25) is 0 Å². The molecule has 0 saturated carbocycles. The van der Waals surface area contributed by atoms with E-state index in [0.29, 0.717) is 94.1 Å². The molecule has 2 heterocycles. The second-order valence-electron chi connectivity index (χ2n) is 21.4. The van der Waals surface area contributed by atoms with E-state index in [0.717, 1.165) is 12.0 Å². The fourth-order valence-corrected chi connectivity index (χ4v) is 11.2. The minimum atomic E-state index is -1.17. The molecule has 2 aliphatic rings. The number of nitrogens with one attached hydrogen (secondary N) is 2. The van der Waals surface area contributed by atoms with Gasteiger partial charge >= 0.3 is 23.9 Å². The zero-order valence-corrected chi connectivity index (χ0v) is 53.6. The van der Waals surface area contributed by atoms with Gasteiger partial charge in [0.05, 0.1) is 70.3 Å². The van der Waals surface area contributed by atoms with Gasteiger partial charge in [-0.15, -0.1) is 11.8 Å². The molecule has 2 saturated heterocycles. The maximum Gasteiger partial charge on any atom is 0.317 e. The number of aryl methyl sites for hydroxylation is 1. The van der Waals surface area contributed by atoms with Gasteiger partial charge in [-0.2, -0.15) is 11.8 Å². The molecule has 0 aromatic heterocycles. The average molecular weight is 1390 g/mol. The number of ketones is 4. The topological polar surface area (TPSA) is 348 Å². The summed E-state index contributed by atoms with van der Waals surface area (Å²) in [4.78, 5) is 146. The van der Waals surface area contributed by atoms with E-state index in [-0.39, 0.29) is 200 Å². The first kappa shape index (κ1) is 77.9. The van der Waals surface area contributed by atoms with Gasteiger partial charge in [-0.05, 0) is 81.3 Å². The summed E-state index contributed by atoms with van der Waals surface area (Å²) in [5, 5.41) is 47.8. The number of aliphatic carboxylic acids is 4. The second-order valence-corrected chi connectivity index (χ2v) is 23.7. The maximum absolute atomic E-state index is 13.5. The number of carbonyl (C=O) groups is 11. The predicted molar refractivity (Wildman–Crippen MR) is 318 cm³/mol. The van der Waals surface area contributed by atoms with Crippen LogP contribution in [-0.4, -0.2) is 270 Å². The predicted octanol–water partition coefficient (Wildman–Crippen LogP) is 2.63. The van der Waals surface area contributed by atoms with Crippen molar-refractivity contribution in [2.45, 2.75) is 95.6 Å². The van der Waals surface area contributed by atoms with Crippen molar-refractivity contribution in [3.05, 3.63) is 35.4 Å². The molecule has 484 valence electrons. The van der Waals surface area contributed by atoms with E-state index >= 15 is 0 Å². The second kappa shape index (κ2) is 45.1. The van der Waals surface area contributed by atoms with Crippen LogP contribution in [-0.2, 0) is 68.6 Å². The molecule has 25 nitrogen and oxygen atoms in total. The van der Waals surface area contributed by atoms with Crippen LogP contribution in [0.5, 0.6) is 0 Å². The monoisotopic (exact) mass is 1390 g/mol. The Hall–Kier alpha value is -4.20. The van der Waals surface area contributed by atoms with Gasteiger partial charge in [0.1, 0.15) is 12.4 Å². The first-order valence-electron chi connectivity index (χ1n) is 29.1. The summed E-state index contributed by atoms with van der Waals surface area (Å²) in [5.74, 6) is -6.79. The Morgan fingerprint density at radius 2 is 1.22 bits per heavy atom. The molecular formula is C58H89GdN7O18S2. The molecule has 1 aromatic rings. The van der Waals surface area contributed by atoms with Gasteiger partial charge in [-0.1, -0.05) is 24.6 Å². The molecule has 3 rings (SSSR count). The zero-order chi connectivity index (χ0) is 62.5. The summed E-state index contributed by atoms with van der Waals surface area (Å²) in [6, 6.07) is 6.83. The molecule has 0 radical (unpaired) electrons. The van der Waals surface area contributed by atoms with Gasteiger partial charge in [-0.25, -0.2) is 0 Å². The van der Waals surface area contributed by atoms with E-state index in [1.54, 1.807) is 45.9 Å². The molecule has 2 aliphatic heterocycles. The molecule has 2 fully saturated rings. The van der Waals surface area contributed by atoms with Crippen LogP contribution in [0.3, 0.4) is 0 Å². The number of carbonyl (C=O) groups excluding carboxylic acids is 7. The molecule has 0 spiro atoms. The number of hydrogen-bond donors (Lipinski definition) is 6. The van der Waals surface area contributed by atoms with Crippen LogP contribution < -0.4 is 5.32 Å². The van der Waals surface area contributed by atoms with E-state index < -0.39 is 59.2 Å². The molecule has 3 atom stereocenters. The SMILES string of the molecule is CSCC[C@H](CC(=O)c1cccc(CCC(=O)COCCOCCOCCCC(=O)CN2CCN(CC(=O)O)CCN(CC(=O)O)CCN(CC(=O)O)CC2)c1)C(=O)NCC(=O)C[C@@H](CCCCN1C(=O)CC(SCCCC(C)=N)C1=O)C(=O)O.[Gd]. The van der Waals surface area contributed by atoms with Crippen LogP contribution in [0.4, 0.5) is 0 Å². The van der Waals surface area contributed by atoms with E-state index in [1.807, 2.05) is 11.2 Å². The summed E-state index contributed by atoms with van der Waals surface area (Å²) in [7, 11) is 0. The number of unbranched alkanes of at least 4 members (excludes halogenated alkanes) is 1. The first-order valence-corrected chi connectivity index (χ1v) is 31.5. The Labute approximate surface area is 544 Å². The third-order valence-electron chi connectivity index (χ3n) is 14.3. The van der Waals surface area contributed by atoms with Crippen molar-refractivity contribution in [3.8, 4) is 0 Å². The minimum Gasteiger partial charge on any atom is -0.481 e. The molecule has 1 unspecified atom stereocenters. The number of nitrogens with zero attached hydrogens (tertiary/aromatic N) is 5. The normalized spacial score (nSPS) is 16.5. The van der Waals surface area contributed by atoms with Crippen molar-refractivity contribution in [1.29, 1.82) is 5.41 Å². The smallest absolute Gasteiger partial charge is 0.317 e. The van der Waals surface area contributed by atoms with Gasteiger partial charge in [0.15, 0.2) is 17.3 Å². The molecule has 0 bridgehead atoms. The Bertz CT molecular complexity index is 2340. The third kappa shape index (κ3) is 34.5. The molecule has 6 N–H and O–H groups in total. The zero-order valence-electron chi connectivity index (χ0n) is 49.7. The van der Waals surface area contributed by atoms with Crippen LogP contribution in [0.1, 0.15) is 99.9 Å². The number of ether oxygens (including phenoxy) is 3. The quantitative estimate of drug-likeness (QED) is 0.0237. The number of imide groups is 1. The molecule has 86 heavy (non-hydrogen) atoms. The van der Waals surface area contributed by atoms with Crippen LogP contribution in [0.15, 0.2) is 24.3 Å². The van der Waals surface area contributed by atoms with E-state index in [4.69, 9.17) is 19.6 Å². The van der Waals surface area contributed by atoms with Gasteiger partial charge in [0.2, 0.25) is 17.7 Å². The Kier molecular flexibility index (Phi) is 40.9. The number of thioether (sulfide) groups is 2. The fraction of sp³-hybridized carbons (Fsp3) is 0.690. The largest absolute Gasteiger partial charge is 0.481 e. The maximum atomic E-state index is 13.5. The first-order chi connectivity index (χ1) is 40.6. The van der Waals surface area contributed by atoms with Gasteiger partial charge < -0.3 is 45.4 Å². The molecule has 3 amide bonds. The number of benzene rings is 1. The number of rotatable bonds is 45. The van der Waals surface area contributed by atoms with E-state index in [1.165, 1.54) is 28.4 Å². The summed E-state index contributed by atoms with van der Waals surface area (Å²) < 4.78 is 16.7. The van der Waals surface area contributed by atoms with Crippen molar-refractivity contribution in [2.24, 2.45) is 11.8 Å². The Morgan fingerprint density at radius 1 is 0.651 bits per heavy atom. The standard InChI is InChI=1S/C58H89N7O18S2.Gd/c1-42(59)8-7-30-85-51-35-52(70)65(57(51)78)16-4-3-10-46(58(79)80)33-49(68)36-60-56(77)45(15-31-84-2)34-50(69)44-11-5-9-43(32-44)13-14-48(67)41-83-29-28-82-27-26-81-25-6-12-47(66)37-61-17-19-62(38-53(71)72)21-23-64(40-55(75)76)24-22-63(20-18-61)39-54(73)74;/h5,9,11,32,45-46,51,59H,3-4,6-8,10,12-31,33-41H2,1-2H3,(H,60,77)(H,71,72)(H,73,74)(H,75,76)(H,79,80);/t45-,46-,51?;/m1./s1. The Morgan fingerprint density at radius 3 is 1.78 bits per heavy atom. The summed E-state index contributed by atoms with van der Waals surface area (Å²) in [6.45, 7) is 4.33. The van der Waals surface area contributed by atoms with Crippen molar-refractivity contribution < 1.29 is 127 Å². The number of carboxylic acids is 4. The van der Waals surface area contributed by atoms with E-state index in [2.05, 4.69) is 5.32 Å². The summed E-state index contributed by atoms with van der Waals surface area (Å²) in [5.41, 5.74) is 1.68. The summed E-state index contributed by atoms with van der Waals surface area (Å²) in [6.07, 6.45) is 5.35. The van der Waals surface area contributed by atoms with Gasteiger partial charge in [0.25, 0.3) is 0 Å². The van der Waals surface area contributed by atoms with Gasteiger partial charge in [-0.3, -0.25) is 77.2 Å². The van der Waals surface area contributed by atoms with Crippen molar-refractivity contribution >= 4 is 94.0 Å². The summed E-state index contributed by atoms with van der Waals surface area (Å²) >= 11 is 2.91. The average Bonchev–Trinajstić information content (AvgIpc) is 3.98. The molecular weight excluding hydrogens is 1300 g/mol. The van der Waals surface area contributed by atoms with Crippen molar-refractivity contribution in [3.63, 3.8) is 0 Å². The third-order valence-corrected chi connectivity index (χ3v) is 16.2. The number of Topliss-reactive ketones (excluding diaryl/α,β-unsaturated/α-hetero) is 4. The molecule has 1 aromatic carbocycles. The number of likely N-dealkylation sites (tertiary alicyclic amines) is 1. The van der Waals surface area contributed by atoms with Gasteiger partial charge in [0, 0.05) is 155 Å². The number of carboxylic acid groups (broad SMARTS) is 4. The van der Waals surface area contributed by atoms with Crippen molar-refractivity contribution in [2.75, 3.05) is 149 Å². The number of amides is 3. The molecule has 0 aliphatic carbocycles. The van der Waals surface area contributed by atoms with Crippen LogP contribution in [0.25, 0.3) is 0 Å². The fourth-order valence-electron chi connectivity index (χ4n) is 9.53. The van der Waals surface area contributed by atoms with Crippen molar-refractivity contribution in [1.82, 2.24) is 29.8 Å². The van der Waals surface area contributed by atoms with Crippen LogP contribution >= 0.6 is 23.5 Å². The Balaban J connectivity index is 0.0000252. The number of hydrogen-bond acceptors (Lipinski definition) is 21.